The van der Waals surface area contributed by atoms with Crippen LogP contribution in [-0.4, -0.2) is 13.2 Å². The fraction of sp³-hybridized carbons (Fsp3) is 0.333. The normalized spacial score (nSPS) is 15.2. The standard InChI is InChI=1S/C6H6FN.C3H6O3/c7-8-6-4-2-1-3-5-6;1-2-4-6-5-3-1/h1-5,8H;1-3H2. The molecule has 1 aromatic carbocycles. The van der Waals surface area contributed by atoms with Crippen LogP contribution in [0.3, 0.4) is 0 Å². The van der Waals surface area contributed by atoms with Crippen molar-refractivity contribution in [2.24, 2.45) is 0 Å². The summed E-state index contributed by atoms with van der Waals surface area (Å²) in [7, 11) is 0. The number of anilines is 1. The van der Waals surface area contributed by atoms with E-state index < -0.39 is 0 Å². The molecule has 0 bridgehead atoms. The molecule has 5 heteroatoms. The van der Waals surface area contributed by atoms with Gasteiger partial charge >= 0.3 is 0 Å². The van der Waals surface area contributed by atoms with Crippen molar-refractivity contribution in [2.75, 3.05) is 18.8 Å². The lowest BCUT2D eigenvalue weighted by Gasteiger charge is -2.06. The average Bonchev–Trinajstić information content (AvgIpc) is 2.33. The van der Waals surface area contributed by atoms with Crippen molar-refractivity contribution in [1.82, 2.24) is 0 Å². The summed E-state index contributed by atoms with van der Waals surface area (Å²) in [5, 5.41) is 4.07. The third-order valence-corrected chi connectivity index (χ3v) is 1.43. The molecular weight excluding hydrogens is 189 g/mol. The Hall–Kier alpha value is -1.17. The highest BCUT2D eigenvalue weighted by atomic mass is 19.2. The van der Waals surface area contributed by atoms with Gasteiger partial charge in [0.15, 0.2) is 0 Å². The molecule has 1 heterocycles. The first-order chi connectivity index (χ1) is 6.93. The molecule has 0 amide bonds. The van der Waals surface area contributed by atoms with E-state index >= 15 is 0 Å². The van der Waals surface area contributed by atoms with Crippen LogP contribution in [0.4, 0.5) is 10.2 Å². The third kappa shape index (κ3) is 4.76. The van der Waals surface area contributed by atoms with Crippen LogP contribution in [0, 0.1) is 0 Å². The van der Waals surface area contributed by atoms with Crippen molar-refractivity contribution in [2.45, 2.75) is 6.42 Å². The molecule has 78 valence electrons. The Morgan fingerprint density at radius 2 is 1.71 bits per heavy atom. The van der Waals surface area contributed by atoms with Crippen LogP contribution in [-0.2, 0) is 14.8 Å². The summed E-state index contributed by atoms with van der Waals surface area (Å²) >= 11 is 0. The molecule has 14 heavy (non-hydrogen) atoms. The van der Waals surface area contributed by atoms with Crippen molar-refractivity contribution in [3.8, 4) is 0 Å². The van der Waals surface area contributed by atoms with Gasteiger partial charge in [0.05, 0.1) is 18.9 Å². The van der Waals surface area contributed by atoms with Gasteiger partial charge in [-0.05, 0) is 12.1 Å². The minimum Gasteiger partial charge on any atom is -0.225 e. The maximum Gasteiger partial charge on any atom is 0.0877 e. The quantitative estimate of drug-likeness (QED) is 0.558. The second kappa shape index (κ2) is 7.25. The molecule has 0 unspecified atom stereocenters. The molecule has 1 fully saturated rings. The van der Waals surface area contributed by atoms with Crippen LogP contribution in [0.5, 0.6) is 0 Å². The van der Waals surface area contributed by atoms with E-state index in [4.69, 9.17) is 0 Å². The predicted octanol–water partition coefficient (Wildman–Crippen LogP) is 2.25. The van der Waals surface area contributed by atoms with E-state index in [1.54, 1.807) is 24.3 Å². The molecule has 0 aromatic heterocycles. The van der Waals surface area contributed by atoms with Gasteiger partial charge in [-0.3, -0.25) is 0 Å². The smallest absolute Gasteiger partial charge is 0.0877 e. The Kier molecular flexibility index (Phi) is 5.65. The summed E-state index contributed by atoms with van der Waals surface area (Å²) in [5.41, 5.74) is 2.02. The van der Waals surface area contributed by atoms with Crippen molar-refractivity contribution in [3.63, 3.8) is 0 Å². The topological polar surface area (TPSA) is 39.7 Å². The summed E-state index contributed by atoms with van der Waals surface area (Å²) in [6.07, 6.45) is 0.931. The second-order valence-corrected chi connectivity index (χ2v) is 2.53. The molecule has 0 saturated carbocycles. The second-order valence-electron chi connectivity index (χ2n) is 2.53. The molecule has 1 aliphatic rings. The summed E-state index contributed by atoms with van der Waals surface area (Å²) in [6.45, 7) is 1.31. The SMILES string of the molecule is C1COOOC1.FNc1ccccc1. The van der Waals surface area contributed by atoms with E-state index in [1.165, 1.54) is 5.54 Å². The van der Waals surface area contributed by atoms with E-state index in [9.17, 15) is 4.48 Å². The Morgan fingerprint density at radius 1 is 1.07 bits per heavy atom. The molecule has 1 aromatic rings. The van der Waals surface area contributed by atoms with E-state index in [-0.39, 0.29) is 0 Å². The number of rotatable bonds is 1. The molecule has 1 N–H and O–H groups in total. The largest absolute Gasteiger partial charge is 0.225 e. The first-order valence-corrected chi connectivity index (χ1v) is 4.26. The van der Waals surface area contributed by atoms with E-state index in [0.717, 1.165) is 6.42 Å². The Balaban J connectivity index is 0.000000146. The van der Waals surface area contributed by atoms with Crippen molar-refractivity contribution in [3.05, 3.63) is 30.3 Å². The summed E-state index contributed by atoms with van der Waals surface area (Å²) in [6, 6.07) is 8.67. The van der Waals surface area contributed by atoms with Gasteiger partial charge in [0.25, 0.3) is 0 Å². The predicted molar refractivity (Wildman–Crippen MR) is 48.8 cm³/mol. The maximum absolute atomic E-state index is 11.5. The third-order valence-electron chi connectivity index (χ3n) is 1.43. The highest BCUT2D eigenvalue weighted by molar-refractivity contribution is 5.39. The van der Waals surface area contributed by atoms with Crippen LogP contribution >= 0.6 is 0 Å². The molecular formula is C9H12FNO3. The van der Waals surface area contributed by atoms with Crippen LogP contribution in [0.1, 0.15) is 6.42 Å². The fourth-order valence-electron chi connectivity index (χ4n) is 0.780. The molecule has 0 spiro atoms. The molecule has 4 nitrogen and oxygen atoms in total. The molecule has 0 radical (unpaired) electrons. The minimum atomic E-state index is 0.493. The summed E-state index contributed by atoms with van der Waals surface area (Å²) < 4.78 is 11.5. The first kappa shape index (κ1) is 10.9. The number of halogens is 1. The lowest BCUT2D eigenvalue weighted by molar-refractivity contribution is -0.532. The summed E-state index contributed by atoms with van der Waals surface area (Å²) in [5.74, 6) is 0. The van der Waals surface area contributed by atoms with Crippen molar-refractivity contribution in [1.29, 1.82) is 0 Å². The van der Waals surface area contributed by atoms with Crippen LogP contribution in [0.15, 0.2) is 30.3 Å². The molecule has 1 aliphatic heterocycles. The first-order valence-electron chi connectivity index (χ1n) is 4.26. The summed E-state index contributed by atoms with van der Waals surface area (Å²) in [4.78, 5) is 8.69. The van der Waals surface area contributed by atoms with Gasteiger partial charge in [0, 0.05) is 6.42 Å². The molecule has 1 saturated heterocycles. The number of para-hydroxylation sites is 1. The van der Waals surface area contributed by atoms with Gasteiger partial charge < -0.3 is 0 Å². The Labute approximate surface area is 81.4 Å². The van der Waals surface area contributed by atoms with E-state index in [1.807, 2.05) is 6.07 Å². The molecule has 0 aliphatic carbocycles. The number of nitrogens with one attached hydrogen (secondary N) is 1. The average molecular weight is 201 g/mol. The zero-order chi connectivity index (χ0) is 10.1. The number of benzene rings is 1. The maximum atomic E-state index is 11.5. The monoisotopic (exact) mass is 201 g/mol. The van der Waals surface area contributed by atoms with Gasteiger partial charge in [-0.15, -0.1) is 4.48 Å². The van der Waals surface area contributed by atoms with Gasteiger partial charge in [0.1, 0.15) is 0 Å². The lowest BCUT2D eigenvalue weighted by Crippen LogP contribution is -2.08. The van der Waals surface area contributed by atoms with Crippen LogP contribution in [0.2, 0.25) is 0 Å². The van der Waals surface area contributed by atoms with Crippen LogP contribution < -0.4 is 5.54 Å². The lowest BCUT2D eigenvalue weighted by atomic mass is 10.3. The Bertz CT molecular complexity index is 217. The highest BCUT2D eigenvalue weighted by Gasteiger charge is 1.96. The Morgan fingerprint density at radius 3 is 2.00 bits per heavy atom. The van der Waals surface area contributed by atoms with Gasteiger partial charge in [-0.25, -0.2) is 15.3 Å². The minimum absolute atomic E-state index is 0.493. The highest BCUT2D eigenvalue weighted by Crippen LogP contribution is 2.03. The van der Waals surface area contributed by atoms with Gasteiger partial charge in [-0.2, -0.15) is 0 Å². The van der Waals surface area contributed by atoms with Crippen molar-refractivity contribution >= 4 is 5.69 Å². The fourth-order valence-corrected chi connectivity index (χ4v) is 0.780. The zero-order valence-electron chi connectivity index (χ0n) is 7.61. The molecule has 0 atom stereocenters. The van der Waals surface area contributed by atoms with Crippen LogP contribution in [0.25, 0.3) is 0 Å². The van der Waals surface area contributed by atoms with Crippen molar-refractivity contribution < 1.29 is 19.3 Å². The zero-order valence-corrected chi connectivity index (χ0v) is 7.61. The van der Waals surface area contributed by atoms with Gasteiger partial charge in [0.2, 0.25) is 0 Å². The molecule has 2 rings (SSSR count). The number of hydrogen-bond acceptors (Lipinski definition) is 4. The van der Waals surface area contributed by atoms with E-state index in [2.05, 4.69) is 14.8 Å². The van der Waals surface area contributed by atoms with E-state index in [0.29, 0.717) is 18.9 Å². The van der Waals surface area contributed by atoms with Gasteiger partial charge in [-0.1, -0.05) is 23.2 Å². The number of hydrogen-bond donors (Lipinski definition) is 1.